The van der Waals surface area contributed by atoms with Gasteiger partial charge in [-0.15, -0.1) is 0 Å². The van der Waals surface area contributed by atoms with Crippen LogP contribution in [0.5, 0.6) is 11.5 Å². The summed E-state index contributed by atoms with van der Waals surface area (Å²) in [6, 6.07) is 12.2. The van der Waals surface area contributed by atoms with Crippen LogP contribution >= 0.6 is 0 Å². The molecule has 0 saturated carbocycles. The van der Waals surface area contributed by atoms with Crippen LogP contribution in [-0.2, 0) is 9.53 Å². The van der Waals surface area contributed by atoms with Crippen LogP contribution in [-0.4, -0.2) is 46.3 Å². The van der Waals surface area contributed by atoms with Gasteiger partial charge in [-0.1, -0.05) is 13.0 Å². The second kappa shape index (κ2) is 11.8. The molecule has 1 atom stereocenters. The summed E-state index contributed by atoms with van der Waals surface area (Å²) in [5.74, 6) is 0.393. The van der Waals surface area contributed by atoms with E-state index in [4.69, 9.17) is 14.2 Å². The fourth-order valence-corrected chi connectivity index (χ4v) is 3.38. The zero-order chi connectivity index (χ0) is 22.8. The van der Waals surface area contributed by atoms with E-state index in [1.165, 1.54) is 14.2 Å². The summed E-state index contributed by atoms with van der Waals surface area (Å²) in [6.45, 7) is 6.11. The van der Waals surface area contributed by atoms with E-state index in [-0.39, 0.29) is 12.3 Å². The number of nitrogens with one attached hydrogen (secondary N) is 1. The molecule has 7 heteroatoms. The largest absolute Gasteiger partial charge is 0.493 e. The summed E-state index contributed by atoms with van der Waals surface area (Å²) in [5, 5.41) is 2.94. The van der Waals surface area contributed by atoms with E-state index < -0.39 is 12.0 Å². The number of nitrogens with zero attached hydrogens (tertiary/aromatic N) is 1. The highest BCUT2D eigenvalue weighted by Crippen LogP contribution is 2.31. The van der Waals surface area contributed by atoms with Crippen LogP contribution in [0.25, 0.3) is 0 Å². The van der Waals surface area contributed by atoms with Crippen molar-refractivity contribution in [3.63, 3.8) is 0 Å². The van der Waals surface area contributed by atoms with Crippen molar-refractivity contribution in [2.24, 2.45) is 0 Å². The highest BCUT2D eigenvalue weighted by atomic mass is 16.5. The molecule has 1 unspecified atom stereocenters. The van der Waals surface area contributed by atoms with Gasteiger partial charge >= 0.3 is 5.97 Å². The summed E-state index contributed by atoms with van der Waals surface area (Å²) in [7, 11) is 4.41. The Morgan fingerprint density at radius 1 is 0.968 bits per heavy atom. The molecular formula is C24H32N2O5. The van der Waals surface area contributed by atoms with Gasteiger partial charge in [0.25, 0.3) is 5.91 Å². The molecule has 1 N–H and O–H groups in total. The Morgan fingerprint density at radius 2 is 1.65 bits per heavy atom. The number of esters is 1. The van der Waals surface area contributed by atoms with Crippen molar-refractivity contribution >= 4 is 17.6 Å². The van der Waals surface area contributed by atoms with E-state index >= 15 is 0 Å². The lowest BCUT2D eigenvalue weighted by Gasteiger charge is -2.23. The van der Waals surface area contributed by atoms with Crippen molar-refractivity contribution in [3.8, 4) is 11.5 Å². The van der Waals surface area contributed by atoms with Gasteiger partial charge in [0.05, 0.1) is 33.8 Å². The third-order valence-electron chi connectivity index (χ3n) is 5.08. The Hall–Kier alpha value is -3.22. The molecular weight excluding hydrogens is 396 g/mol. The van der Waals surface area contributed by atoms with Crippen molar-refractivity contribution in [1.29, 1.82) is 0 Å². The molecule has 2 rings (SSSR count). The predicted molar refractivity (Wildman–Crippen MR) is 121 cm³/mol. The Morgan fingerprint density at radius 3 is 2.19 bits per heavy atom. The third kappa shape index (κ3) is 6.38. The van der Waals surface area contributed by atoms with Crippen molar-refractivity contribution < 1.29 is 23.8 Å². The van der Waals surface area contributed by atoms with Gasteiger partial charge in [0.1, 0.15) is 0 Å². The summed E-state index contributed by atoms with van der Waals surface area (Å²) >= 11 is 0. The van der Waals surface area contributed by atoms with E-state index in [0.29, 0.717) is 22.6 Å². The molecule has 2 aromatic rings. The Labute approximate surface area is 184 Å². The molecule has 31 heavy (non-hydrogen) atoms. The van der Waals surface area contributed by atoms with Crippen LogP contribution in [0.2, 0.25) is 0 Å². The third-order valence-corrected chi connectivity index (χ3v) is 5.08. The van der Waals surface area contributed by atoms with Crippen molar-refractivity contribution in [2.45, 2.75) is 32.7 Å². The quantitative estimate of drug-likeness (QED) is 0.546. The van der Waals surface area contributed by atoms with Gasteiger partial charge in [-0.05, 0) is 55.3 Å². The monoisotopic (exact) mass is 428 g/mol. The van der Waals surface area contributed by atoms with Crippen LogP contribution in [0.1, 0.15) is 48.7 Å². The Bertz CT molecular complexity index is 867. The number of methoxy groups -OCH3 is 3. The highest BCUT2D eigenvalue weighted by Gasteiger charge is 2.21. The zero-order valence-electron chi connectivity index (χ0n) is 18.9. The van der Waals surface area contributed by atoms with Gasteiger partial charge in [-0.2, -0.15) is 0 Å². The van der Waals surface area contributed by atoms with Crippen molar-refractivity contribution in [2.75, 3.05) is 39.3 Å². The highest BCUT2D eigenvalue weighted by molar-refractivity contribution is 5.95. The molecule has 1 amide bonds. The lowest BCUT2D eigenvalue weighted by atomic mass is 10.0. The predicted octanol–water partition coefficient (Wildman–Crippen LogP) is 3.97. The summed E-state index contributed by atoms with van der Waals surface area (Å²) in [6.07, 6.45) is 1.05. The van der Waals surface area contributed by atoms with Crippen LogP contribution < -0.4 is 19.7 Å². The van der Waals surface area contributed by atoms with E-state index in [9.17, 15) is 9.59 Å². The van der Waals surface area contributed by atoms with Gasteiger partial charge in [-0.25, -0.2) is 0 Å². The number of rotatable bonds is 11. The van der Waals surface area contributed by atoms with Crippen LogP contribution in [0.15, 0.2) is 42.5 Å². The second-order valence-electron chi connectivity index (χ2n) is 7.05. The molecule has 2 aromatic carbocycles. The lowest BCUT2D eigenvalue weighted by Crippen LogP contribution is -2.30. The minimum absolute atomic E-state index is 0.00405. The summed E-state index contributed by atoms with van der Waals surface area (Å²) in [5.41, 5.74) is 2.31. The van der Waals surface area contributed by atoms with Gasteiger partial charge in [0.15, 0.2) is 11.5 Å². The van der Waals surface area contributed by atoms with Gasteiger partial charge in [0, 0.05) is 24.3 Å². The molecule has 0 aliphatic rings. The lowest BCUT2D eigenvalue weighted by molar-refractivity contribution is -0.141. The first-order chi connectivity index (χ1) is 15.0. The Balaban J connectivity index is 2.24. The summed E-state index contributed by atoms with van der Waals surface area (Å²) in [4.78, 5) is 27.1. The minimum atomic E-state index is -0.577. The number of benzene rings is 2. The second-order valence-corrected chi connectivity index (χ2v) is 7.05. The average molecular weight is 429 g/mol. The number of carbonyl (C=O) groups is 2. The fraction of sp³-hybridized carbons (Fsp3) is 0.417. The van der Waals surface area contributed by atoms with E-state index in [2.05, 4.69) is 24.1 Å². The number of hydrogen-bond acceptors (Lipinski definition) is 6. The first-order valence-corrected chi connectivity index (χ1v) is 10.4. The maximum Gasteiger partial charge on any atom is 0.307 e. The topological polar surface area (TPSA) is 77.1 Å². The van der Waals surface area contributed by atoms with Gasteiger partial charge in [-0.3, -0.25) is 9.59 Å². The number of hydrogen-bond donors (Lipinski definition) is 1. The first kappa shape index (κ1) is 24.1. The van der Waals surface area contributed by atoms with Crippen LogP contribution in [0, 0.1) is 0 Å². The van der Waals surface area contributed by atoms with Gasteiger partial charge in [0.2, 0.25) is 0 Å². The molecule has 7 nitrogen and oxygen atoms in total. The average Bonchev–Trinajstić information content (AvgIpc) is 2.81. The number of anilines is 1. The molecule has 0 heterocycles. The van der Waals surface area contributed by atoms with E-state index in [1.807, 2.05) is 12.1 Å². The standard InChI is InChI=1S/C24H32N2O5/c1-6-14-26(7-2)19-11-8-17(9-12-19)24(28)25-20(16-23(27)31-5)18-10-13-21(29-3)22(15-18)30-4/h8-13,15,20H,6-7,14,16H2,1-5H3,(H,25,28). The fourth-order valence-electron chi connectivity index (χ4n) is 3.38. The Kier molecular flexibility index (Phi) is 9.18. The van der Waals surface area contributed by atoms with Crippen molar-refractivity contribution in [3.05, 3.63) is 53.6 Å². The maximum atomic E-state index is 12.9. The van der Waals surface area contributed by atoms with Crippen LogP contribution in [0.4, 0.5) is 5.69 Å². The van der Waals surface area contributed by atoms with Crippen molar-refractivity contribution in [1.82, 2.24) is 5.32 Å². The van der Waals surface area contributed by atoms with E-state index in [1.54, 1.807) is 37.4 Å². The molecule has 0 aliphatic carbocycles. The molecule has 0 radical (unpaired) electrons. The zero-order valence-corrected chi connectivity index (χ0v) is 18.9. The minimum Gasteiger partial charge on any atom is -0.493 e. The smallest absolute Gasteiger partial charge is 0.307 e. The van der Waals surface area contributed by atoms with Gasteiger partial charge < -0.3 is 24.4 Å². The first-order valence-electron chi connectivity index (χ1n) is 10.4. The van der Waals surface area contributed by atoms with E-state index in [0.717, 1.165) is 25.2 Å². The normalized spacial score (nSPS) is 11.4. The summed E-state index contributed by atoms with van der Waals surface area (Å²) < 4.78 is 15.4. The number of ether oxygens (including phenoxy) is 3. The van der Waals surface area contributed by atoms with Crippen LogP contribution in [0.3, 0.4) is 0 Å². The molecule has 0 fully saturated rings. The molecule has 0 saturated heterocycles. The SMILES string of the molecule is CCCN(CC)c1ccc(C(=O)NC(CC(=O)OC)c2ccc(OC)c(OC)c2)cc1. The molecule has 168 valence electrons. The molecule has 0 aliphatic heterocycles. The molecule has 0 aromatic heterocycles. The molecule has 0 spiro atoms. The number of amides is 1. The number of carbonyl (C=O) groups excluding carboxylic acids is 2. The molecule has 0 bridgehead atoms. The maximum absolute atomic E-state index is 12.9.